The number of aromatic nitrogens is 3. The number of aliphatic hydroxyl groups excluding tert-OH is 2. The van der Waals surface area contributed by atoms with Gasteiger partial charge in [-0.2, -0.15) is 9.78 Å². The third-order valence-corrected chi connectivity index (χ3v) is 19.3. The van der Waals surface area contributed by atoms with Crippen LogP contribution in [0.1, 0.15) is 113 Å². The molecule has 13 amide bonds. The first-order valence-corrected chi connectivity index (χ1v) is 38.6. The number of rotatable bonds is 34. The standard InChI is InChI=1S/C76H107N21O17S/c1-42(2)39-57-71(108)88-52(24-30-77)66(103)87-55(27-33-80)70(107)94-63(43(3)98)73(110)85-35-28-56(69(106)86-53(25-31-78)68(105)92-58(72(109)91-57)40-45-13-7-6-8-14-45)89-67(104)54(26-32-79)90-74(111)64(44(4)99)93-62(101)29-37-96(38-36-84-61(100)23-21-50(81)75(112)113)76(114)97-59-41-47(115-60-17-10-9-16-49(60)65(102)82-5)19-20-48(59)51(95-97)22-18-46-15-11-12-34-83-46/h6-20,22,34,41-44,50,52-58,63-64,98-99H,21,23-33,35-40,77-81H2,1-5H3,(H,82,102)(H,84,100)(H,85,110)(H,86,106)(H,87,103)(H,88,108)(H,89,104)(H,90,111)(H,91,109)(H,92,105)(H,93,101)(H,94,107)(H,112,113)/b22-18+/t43-,44-,50+,52+,53+,54+,55+,56+,57+,58-,63+,64+/m1/s1. The highest BCUT2D eigenvalue weighted by Crippen LogP contribution is 2.34. The quantitative estimate of drug-likeness (QED) is 0.0189. The molecule has 1 aliphatic rings. The minimum absolute atomic E-state index is 0.00859. The Hall–Kier alpha value is -11.3. The molecule has 624 valence electrons. The fraction of sp³-hybridized carbons (Fsp3) is 0.474. The molecule has 115 heavy (non-hydrogen) atoms. The molecule has 0 bridgehead atoms. The van der Waals surface area contributed by atoms with E-state index in [0.29, 0.717) is 37.7 Å². The number of hydrogen-bond donors (Lipinski definition) is 20. The molecule has 0 saturated carbocycles. The number of amides is 13. The van der Waals surface area contributed by atoms with Crippen molar-refractivity contribution in [3.05, 3.63) is 120 Å². The van der Waals surface area contributed by atoms with Gasteiger partial charge in [0, 0.05) is 73.9 Å². The van der Waals surface area contributed by atoms with E-state index in [-0.39, 0.29) is 108 Å². The lowest BCUT2D eigenvalue weighted by atomic mass is 10.00. The molecule has 1 saturated heterocycles. The number of nitrogens with two attached hydrogens (primary N) is 5. The lowest BCUT2D eigenvalue weighted by Gasteiger charge is -2.28. The van der Waals surface area contributed by atoms with Crippen molar-refractivity contribution in [1.82, 2.24) is 83.5 Å². The van der Waals surface area contributed by atoms with Gasteiger partial charge in [-0.25, -0.2) is 4.79 Å². The summed E-state index contributed by atoms with van der Waals surface area (Å²) in [5.74, 6) is -12.4. The van der Waals surface area contributed by atoms with Crippen molar-refractivity contribution >= 4 is 118 Å². The fourth-order valence-corrected chi connectivity index (χ4v) is 13.0. The maximum atomic E-state index is 15.2. The molecular formula is C76H107N21O17S. The first-order valence-electron chi connectivity index (χ1n) is 37.8. The highest BCUT2D eigenvalue weighted by atomic mass is 32.2. The average Bonchev–Trinajstić information content (AvgIpc) is 1.63. The van der Waals surface area contributed by atoms with Crippen molar-refractivity contribution in [2.24, 2.45) is 34.6 Å². The Balaban J connectivity index is 1.30. The molecule has 3 aromatic carbocycles. The number of nitrogens with one attached hydrogen (secondary N) is 12. The van der Waals surface area contributed by atoms with Gasteiger partial charge in [0.1, 0.15) is 60.4 Å². The van der Waals surface area contributed by atoms with Gasteiger partial charge >= 0.3 is 12.0 Å². The van der Waals surface area contributed by atoms with Gasteiger partial charge in [-0.15, -0.1) is 0 Å². The second-order valence-electron chi connectivity index (χ2n) is 27.7. The van der Waals surface area contributed by atoms with Crippen LogP contribution in [0.5, 0.6) is 0 Å². The van der Waals surface area contributed by atoms with E-state index in [9.17, 15) is 77.6 Å². The normalized spacial score (nSPS) is 19.6. The summed E-state index contributed by atoms with van der Waals surface area (Å²) in [6, 6.07) is 9.30. The molecule has 39 heteroatoms. The van der Waals surface area contributed by atoms with Crippen LogP contribution in [0.2, 0.25) is 0 Å². The minimum Gasteiger partial charge on any atom is -0.480 e. The number of benzene rings is 3. The molecule has 6 rings (SSSR count). The summed E-state index contributed by atoms with van der Waals surface area (Å²) < 4.78 is 1.08. The van der Waals surface area contributed by atoms with Crippen LogP contribution in [0.3, 0.4) is 0 Å². The van der Waals surface area contributed by atoms with Gasteiger partial charge < -0.3 is 113 Å². The minimum atomic E-state index is -1.85. The first-order chi connectivity index (χ1) is 54.9. The molecule has 2 aromatic heterocycles. The Morgan fingerprint density at radius 3 is 1.85 bits per heavy atom. The third kappa shape index (κ3) is 28.9. The van der Waals surface area contributed by atoms with Gasteiger partial charge in [0.15, 0.2) is 0 Å². The van der Waals surface area contributed by atoms with E-state index in [1.54, 1.807) is 123 Å². The third-order valence-electron chi connectivity index (χ3n) is 18.2. The Morgan fingerprint density at radius 1 is 0.652 bits per heavy atom. The van der Waals surface area contributed by atoms with Crippen LogP contribution in [-0.4, -0.2) is 250 Å². The smallest absolute Gasteiger partial charge is 0.345 e. The maximum absolute atomic E-state index is 15.2. The summed E-state index contributed by atoms with van der Waals surface area (Å²) >= 11 is 1.23. The molecule has 38 nitrogen and oxygen atoms in total. The number of carboxylic acids is 1. The first kappa shape index (κ1) is 92.5. The molecule has 5 aromatic rings. The van der Waals surface area contributed by atoms with Gasteiger partial charge in [-0.05, 0) is 151 Å². The summed E-state index contributed by atoms with van der Waals surface area (Å²) in [6.07, 6.45) is -1.27. The number of aliphatic carboxylic acids is 1. The van der Waals surface area contributed by atoms with Crippen LogP contribution < -0.4 is 92.5 Å². The molecule has 1 aliphatic heterocycles. The van der Waals surface area contributed by atoms with E-state index in [1.165, 1.54) is 30.6 Å². The zero-order chi connectivity index (χ0) is 84.4. The largest absolute Gasteiger partial charge is 0.480 e. The summed E-state index contributed by atoms with van der Waals surface area (Å²) in [4.78, 5) is 203. The van der Waals surface area contributed by atoms with Crippen molar-refractivity contribution in [2.45, 2.75) is 174 Å². The highest BCUT2D eigenvalue weighted by Gasteiger charge is 2.38. The summed E-state index contributed by atoms with van der Waals surface area (Å²) in [6.45, 7) is 3.44. The maximum Gasteiger partial charge on any atom is 0.345 e. The monoisotopic (exact) mass is 1620 g/mol. The van der Waals surface area contributed by atoms with Crippen LogP contribution in [-0.2, 0) is 64.0 Å². The van der Waals surface area contributed by atoms with Crippen molar-refractivity contribution in [1.29, 1.82) is 0 Å². The zero-order valence-corrected chi connectivity index (χ0v) is 65.6. The predicted molar refractivity (Wildman–Crippen MR) is 424 cm³/mol. The number of carbonyl (C=O) groups excluding carboxylic acids is 13. The Kier molecular flexibility index (Phi) is 37.6. The van der Waals surface area contributed by atoms with Crippen molar-refractivity contribution in [3.8, 4) is 0 Å². The second kappa shape index (κ2) is 46.7. The van der Waals surface area contributed by atoms with Gasteiger partial charge in [-0.3, -0.25) is 67.3 Å². The molecule has 3 heterocycles. The average molecular weight is 1620 g/mol. The van der Waals surface area contributed by atoms with Crippen LogP contribution in [0.25, 0.3) is 23.1 Å². The van der Waals surface area contributed by atoms with Gasteiger partial charge in [0.2, 0.25) is 65.0 Å². The summed E-state index contributed by atoms with van der Waals surface area (Å²) in [5, 5.41) is 67.4. The van der Waals surface area contributed by atoms with Crippen molar-refractivity contribution < 1.29 is 82.4 Å². The lowest BCUT2D eigenvalue weighted by molar-refractivity contribution is -0.139. The number of carbonyl (C=O) groups is 14. The number of nitrogens with zero attached hydrogens (tertiary/aromatic N) is 4. The van der Waals surface area contributed by atoms with E-state index in [2.05, 4.69) is 68.8 Å². The number of pyridine rings is 1. The Bertz CT molecular complexity index is 4210. The van der Waals surface area contributed by atoms with Gasteiger partial charge in [0.05, 0.1) is 34.7 Å². The number of aliphatic hydroxyl groups is 2. The van der Waals surface area contributed by atoms with Crippen molar-refractivity contribution in [2.75, 3.05) is 59.4 Å². The number of fused-ring (bicyclic) bond motifs is 1. The topological polar surface area (TPSA) is 608 Å². The number of carboxylic acid groups (broad SMARTS) is 1. The Labute approximate surface area is 668 Å². The van der Waals surface area contributed by atoms with Gasteiger partial charge in [0.25, 0.3) is 5.91 Å². The fourth-order valence-electron chi connectivity index (χ4n) is 12.0. The molecule has 0 aliphatic carbocycles. The van der Waals surface area contributed by atoms with Crippen LogP contribution in [0, 0.1) is 5.92 Å². The van der Waals surface area contributed by atoms with Crippen LogP contribution in [0.4, 0.5) is 4.79 Å². The van der Waals surface area contributed by atoms with Crippen LogP contribution in [0.15, 0.2) is 107 Å². The van der Waals surface area contributed by atoms with E-state index >= 15 is 4.79 Å². The van der Waals surface area contributed by atoms with Gasteiger partial charge in [-0.1, -0.05) is 74.1 Å². The van der Waals surface area contributed by atoms with Crippen LogP contribution >= 0.6 is 11.8 Å². The van der Waals surface area contributed by atoms with E-state index < -0.39 is 176 Å². The molecule has 0 spiro atoms. The van der Waals surface area contributed by atoms with E-state index in [4.69, 9.17) is 33.8 Å². The predicted octanol–water partition coefficient (Wildman–Crippen LogP) is -3.59. The molecule has 25 N–H and O–H groups in total. The lowest BCUT2D eigenvalue weighted by Crippen LogP contribution is -2.61. The second-order valence-corrected chi connectivity index (χ2v) is 28.9. The zero-order valence-electron chi connectivity index (χ0n) is 64.8. The SMILES string of the molecule is CNC(=O)c1ccccc1Sc1ccc2c(/C=C/c3ccccn3)nn(C(=O)N(CCNC(=O)CC[C@H](N)C(=O)O)CCC(=O)N[C@H](C(=O)N[C@@H](CCN)C(=O)N[C@H]3CCNC(=O)[C@H]([C@@H](C)O)NC(=O)[C@H](CCN)NC(=O)[C@H](CCN)NC(=O)[C@H](CC(C)C)NC(=O)[C@@H](Cc4ccccc4)NC(=O)[C@H](CCN)NC3=O)[C@@H](C)O)c2c1. The molecule has 0 unspecified atom stereocenters. The summed E-state index contributed by atoms with van der Waals surface area (Å²) in [5.41, 5.74) is 31.5. The van der Waals surface area contributed by atoms with E-state index in [1.807, 2.05) is 0 Å². The highest BCUT2D eigenvalue weighted by molar-refractivity contribution is 7.99. The Morgan fingerprint density at radius 2 is 1.25 bits per heavy atom. The van der Waals surface area contributed by atoms with E-state index in [0.717, 1.165) is 11.6 Å². The molecular weight excluding hydrogens is 1510 g/mol. The molecule has 12 atom stereocenters. The number of hydrogen-bond acceptors (Lipinski definition) is 24. The molecule has 0 radical (unpaired) electrons. The summed E-state index contributed by atoms with van der Waals surface area (Å²) in [7, 11) is 1.50. The molecule has 1 fully saturated rings. The van der Waals surface area contributed by atoms with Crippen molar-refractivity contribution in [3.63, 3.8) is 0 Å².